The molecule has 0 aliphatic rings. The number of hydrogen-bond donors (Lipinski definition) is 1. The SMILES string of the molecule is CC.CCCC[N+](C)([S-])C(CC)C(=O)Nc1c(C)cc(F)cc1C.[Y]. The fourth-order valence-electron chi connectivity index (χ4n) is 2.76. The van der Waals surface area contributed by atoms with Crippen molar-refractivity contribution in [3.63, 3.8) is 0 Å². The van der Waals surface area contributed by atoms with Gasteiger partial charge in [0, 0.05) is 44.8 Å². The van der Waals surface area contributed by atoms with Crippen LogP contribution in [0.5, 0.6) is 0 Å². The molecular weight excluding hydrogens is 412 g/mol. The van der Waals surface area contributed by atoms with Gasteiger partial charge in [0.05, 0.1) is 13.6 Å². The molecule has 0 aliphatic heterocycles. The average molecular weight is 445 g/mol. The Kier molecular flexibility index (Phi) is 14.4. The normalized spacial score (nSPS) is 13.6. The number of unbranched alkanes of at least 4 members (excludes halogenated alkanes) is 1. The fourth-order valence-corrected chi connectivity index (χ4v) is 3.14. The Morgan fingerprint density at radius 3 is 2.12 bits per heavy atom. The standard InChI is InChI=1S/C17H27FN2OS.C2H6.Y/c1-6-8-9-20(5,22)15(7-2)17(21)19-16-12(3)10-14(18)11-13(16)4;1-2;/h10-11,15H,6-9H2,1-5H3,(H,19,21);1-2H3;. The number of nitrogens with zero attached hydrogens (tertiary/aromatic N) is 1. The van der Waals surface area contributed by atoms with E-state index in [1.54, 1.807) is 13.8 Å². The van der Waals surface area contributed by atoms with Gasteiger partial charge in [0.15, 0.2) is 6.04 Å². The minimum atomic E-state index is -0.287. The smallest absolute Gasteiger partial charge is 0.281 e. The van der Waals surface area contributed by atoms with Gasteiger partial charge in [-0.3, -0.25) is 4.79 Å². The first-order valence-corrected chi connectivity index (χ1v) is 9.23. The van der Waals surface area contributed by atoms with Gasteiger partial charge in [-0.2, -0.15) is 0 Å². The Morgan fingerprint density at radius 2 is 1.72 bits per heavy atom. The van der Waals surface area contributed by atoms with Gasteiger partial charge < -0.3 is 22.0 Å². The second-order valence-corrected chi connectivity index (χ2v) is 6.91. The van der Waals surface area contributed by atoms with Gasteiger partial charge in [0.1, 0.15) is 5.82 Å². The Labute approximate surface area is 184 Å². The molecular formula is C19H33FN2OSY. The Morgan fingerprint density at radius 1 is 1.24 bits per heavy atom. The number of amides is 1. The molecule has 2 unspecified atom stereocenters. The third-order valence-corrected chi connectivity index (χ3v) is 4.49. The zero-order valence-corrected chi connectivity index (χ0v) is 20.4. The van der Waals surface area contributed by atoms with Crippen LogP contribution >= 0.6 is 0 Å². The number of aryl methyl sites for hydroxylation is 2. The molecule has 1 amide bonds. The Balaban J connectivity index is 0. The number of benzene rings is 1. The summed E-state index contributed by atoms with van der Waals surface area (Å²) >= 11 is 5.63. The van der Waals surface area contributed by atoms with Gasteiger partial charge in [0.25, 0.3) is 5.91 Å². The number of nitrogens with one attached hydrogen (secondary N) is 1. The van der Waals surface area contributed by atoms with E-state index in [-0.39, 0.29) is 54.4 Å². The topological polar surface area (TPSA) is 29.1 Å². The van der Waals surface area contributed by atoms with E-state index in [1.165, 1.54) is 12.1 Å². The Hall–Kier alpha value is 0.0339. The molecule has 0 fully saturated rings. The maximum Gasteiger partial charge on any atom is 0.281 e. The molecule has 0 aliphatic carbocycles. The minimum Gasteiger partial charge on any atom is -0.494 e. The van der Waals surface area contributed by atoms with Crippen molar-refractivity contribution >= 4 is 24.4 Å². The van der Waals surface area contributed by atoms with Crippen molar-refractivity contribution in [2.24, 2.45) is 0 Å². The summed E-state index contributed by atoms with van der Waals surface area (Å²) in [6.07, 6.45) is 2.73. The van der Waals surface area contributed by atoms with Gasteiger partial charge >= 0.3 is 0 Å². The van der Waals surface area contributed by atoms with E-state index in [2.05, 4.69) is 12.2 Å². The molecule has 0 heterocycles. The maximum atomic E-state index is 13.4. The van der Waals surface area contributed by atoms with Crippen molar-refractivity contribution < 1.29 is 45.8 Å². The van der Waals surface area contributed by atoms with Crippen molar-refractivity contribution in [1.82, 2.24) is 0 Å². The molecule has 0 saturated carbocycles. The number of anilines is 1. The van der Waals surface area contributed by atoms with Crippen LogP contribution in [0.2, 0.25) is 0 Å². The molecule has 2 atom stereocenters. The van der Waals surface area contributed by atoms with E-state index in [4.69, 9.17) is 12.8 Å². The van der Waals surface area contributed by atoms with E-state index in [9.17, 15) is 9.18 Å². The van der Waals surface area contributed by atoms with Crippen LogP contribution in [0.4, 0.5) is 10.1 Å². The van der Waals surface area contributed by atoms with Gasteiger partial charge in [-0.15, -0.1) is 0 Å². The zero-order chi connectivity index (χ0) is 18.9. The molecule has 0 spiro atoms. The number of carbonyl (C=O) groups is 1. The summed E-state index contributed by atoms with van der Waals surface area (Å²) in [7, 11) is 1.92. The minimum absolute atomic E-state index is 0. The summed E-state index contributed by atoms with van der Waals surface area (Å²) < 4.78 is 13.6. The molecule has 1 aromatic carbocycles. The van der Waals surface area contributed by atoms with E-state index in [0.29, 0.717) is 12.1 Å². The van der Waals surface area contributed by atoms with Crippen molar-refractivity contribution in [2.45, 2.75) is 66.8 Å². The first kappa shape index (κ1) is 27.3. The van der Waals surface area contributed by atoms with Crippen LogP contribution in [0.25, 0.3) is 0 Å². The molecule has 141 valence electrons. The van der Waals surface area contributed by atoms with E-state index < -0.39 is 0 Å². The van der Waals surface area contributed by atoms with Crippen molar-refractivity contribution in [3.05, 3.63) is 29.1 Å². The summed E-state index contributed by atoms with van der Waals surface area (Å²) in [6, 6.07) is 2.58. The van der Waals surface area contributed by atoms with E-state index in [1.807, 2.05) is 27.8 Å². The second-order valence-electron chi connectivity index (χ2n) is 6.08. The molecule has 6 heteroatoms. The summed E-state index contributed by atoms with van der Waals surface area (Å²) in [4.78, 5) is 12.7. The van der Waals surface area contributed by atoms with Gasteiger partial charge in [-0.05, 0) is 43.5 Å². The molecule has 1 aromatic rings. The molecule has 25 heavy (non-hydrogen) atoms. The van der Waals surface area contributed by atoms with Gasteiger partial charge in [0.2, 0.25) is 0 Å². The van der Waals surface area contributed by atoms with Crippen molar-refractivity contribution in [2.75, 3.05) is 18.9 Å². The van der Waals surface area contributed by atoms with Crippen LogP contribution in [0.3, 0.4) is 0 Å². The predicted octanol–water partition coefficient (Wildman–Crippen LogP) is 4.89. The zero-order valence-electron chi connectivity index (χ0n) is 16.8. The van der Waals surface area contributed by atoms with Crippen LogP contribution in [0.1, 0.15) is 58.1 Å². The molecule has 0 bridgehead atoms. The van der Waals surface area contributed by atoms with Crippen LogP contribution in [-0.4, -0.2) is 29.4 Å². The van der Waals surface area contributed by atoms with Gasteiger partial charge in [-0.25, -0.2) is 4.39 Å². The molecule has 3 nitrogen and oxygen atoms in total. The summed E-state index contributed by atoms with van der Waals surface area (Å²) in [5.74, 6) is -0.374. The molecule has 1 rings (SSSR count). The molecule has 0 aromatic heterocycles. The summed E-state index contributed by atoms with van der Waals surface area (Å²) in [5.41, 5.74) is 2.15. The summed E-state index contributed by atoms with van der Waals surface area (Å²) in [6.45, 7) is 12.5. The third kappa shape index (κ3) is 8.51. The predicted molar refractivity (Wildman–Crippen MR) is 103 cm³/mol. The second kappa shape index (κ2) is 13.2. The third-order valence-electron chi connectivity index (χ3n) is 4.05. The monoisotopic (exact) mass is 445 g/mol. The first-order chi connectivity index (χ1) is 11.2. The number of hydrogen-bond acceptors (Lipinski definition) is 2. The quantitative estimate of drug-likeness (QED) is 0.478. The first-order valence-electron chi connectivity index (χ1n) is 8.86. The van der Waals surface area contributed by atoms with Crippen LogP contribution in [-0.2, 0) is 50.3 Å². The number of rotatable bonds is 7. The summed E-state index contributed by atoms with van der Waals surface area (Å²) in [5, 5.41) is 2.95. The van der Waals surface area contributed by atoms with E-state index >= 15 is 0 Å². The van der Waals surface area contributed by atoms with Gasteiger partial charge in [-0.1, -0.05) is 34.1 Å². The largest absolute Gasteiger partial charge is 0.494 e. The molecule has 1 radical (unpaired) electrons. The van der Waals surface area contributed by atoms with E-state index in [0.717, 1.165) is 30.5 Å². The number of halogens is 1. The van der Waals surface area contributed by atoms with Crippen molar-refractivity contribution in [3.8, 4) is 0 Å². The number of carbonyl (C=O) groups excluding carboxylic acids is 1. The van der Waals surface area contributed by atoms with Crippen LogP contribution < -0.4 is 5.32 Å². The maximum absolute atomic E-state index is 13.4. The average Bonchev–Trinajstić information content (AvgIpc) is 2.51. The fraction of sp³-hybridized carbons (Fsp3) is 0.632. The Bertz CT molecular complexity index is 515. The van der Waals surface area contributed by atoms with Crippen LogP contribution in [0.15, 0.2) is 12.1 Å². The van der Waals surface area contributed by atoms with Crippen molar-refractivity contribution in [1.29, 1.82) is 0 Å². The molecule has 1 N–H and O–H groups in total. The number of quaternary nitrogens is 1. The number of likely N-dealkylation sites (N-methyl/N-ethyl adjacent to an activating group) is 1. The molecule has 0 saturated heterocycles. The van der Waals surface area contributed by atoms with Crippen LogP contribution in [0, 0.1) is 19.7 Å².